The molecule has 0 radical (unpaired) electrons. The van der Waals surface area contributed by atoms with Crippen LogP contribution >= 0.6 is 10.7 Å². The number of hydrogen-bond donors (Lipinski definition) is 0. The summed E-state index contributed by atoms with van der Waals surface area (Å²) in [6.45, 7) is 4.07. The molecule has 0 spiro atoms. The zero-order chi connectivity index (χ0) is 11.4. The third-order valence-electron chi connectivity index (χ3n) is 2.60. The summed E-state index contributed by atoms with van der Waals surface area (Å²) in [6.07, 6.45) is 1.81. The number of halogens is 1. The predicted octanol–water partition coefficient (Wildman–Crippen LogP) is 1.53. The minimum Gasteiger partial charge on any atom is -0.379 e. The molecule has 1 fully saturated rings. The third kappa shape index (κ3) is 3.90. The summed E-state index contributed by atoms with van der Waals surface area (Å²) in [5.74, 6) is 0. The van der Waals surface area contributed by atoms with E-state index < -0.39 is 13.8 Å². The number of rotatable bonds is 8. The SMILES string of the molecule is CCOCCOCCC1(S(=O)(=O)Cl)CC1. The summed E-state index contributed by atoms with van der Waals surface area (Å²) in [5.41, 5.74) is 0. The lowest BCUT2D eigenvalue weighted by molar-refractivity contribution is 0.0512. The molecule has 15 heavy (non-hydrogen) atoms. The Hall–Kier alpha value is 0.160. The minimum atomic E-state index is -3.43. The molecule has 0 N–H and O–H groups in total. The lowest BCUT2D eigenvalue weighted by Gasteiger charge is -2.11. The maximum Gasteiger partial charge on any atom is 0.238 e. The molecule has 4 nitrogen and oxygen atoms in total. The second-order valence-electron chi connectivity index (χ2n) is 3.68. The maximum atomic E-state index is 11.2. The smallest absolute Gasteiger partial charge is 0.238 e. The van der Waals surface area contributed by atoms with E-state index in [-0.39, 0.29) is 0 Å². The van der Waals surface area contributed by atoms with E-state index in [0.717, 1.165) is 0 Å². The van der Waals surface area contributed by atoms with E-state index in [0.29, 0.717) is 45.7 Å². The second-order valence-corrected chi connectivity index (χ2v) is 6.64. The molecule has 0 bridgehead atoms. The largest absolute Gasteiger partial charge is 0.379 e. The predicted molar refractivity (Wildman–Crippen MR) is 58.7 cm³/mol. The molecule has 0 unspecified atom stereocenters. The minimum absolute atomic E-state index is 0.430. The Morgan fingerprint density at radius 3 is 2.27 bits per heavy atom. The summed E-state index contributed by atoms with van der Waals surface area (Å²) in [5, 5.41) is 0. The third-order valence-corrected chi connectivity index (χ3v) is 5.23. The van der Waals surface area contributed by atoms with Gasteiger partial charge >= 0.3 is 0 Å². The molecular formula is C9H17ClO4S. The van der Waals surface area contributed by atoms with Crippen LogP contribution in [0.2, 0.25) is 0 Å². The van der Waals surface area contributed by atoms with E-state index in [2.05, 4.69) is 0 Å². The summed E-state index contributed by atoms with van der Waals surface area (Å²) in [7, 11) is 1.91. The van der Waals surface area contributed by atoms with E-state index in [9.17, 15) is 8.42 Å². The van der Waals surface area contributed by atoms with Crippen LogP contribution in [0.4, 0.5) is 0 Å². The first kappa shape index (κ1) is 13.2. The van der Waals surface area contributed by atoms with Crippen LogP contribution in [0.15, 0.2) is 0 Å². The molecule has 1 saturated carbocycles. The molecule has 0 aromatic heterocycles. The first-order valence-corrected chi connectivity index (χ1v) is 7.42. The number of ether oxygens (including phenoxy) is 2. The van der Waals surface area contributed by atoms with E-state index in [1.165, 1.54) is 0 Å². The van der Waals surface area contributed by atoms with Crippen LogP contribution < -0.4 is 0 Å². The monoisotopic (exact) mass is 256 g/mol. The van der Waals surface area contributed by atoms with Crippen LogP contribution in [0, 0.1) is 0 Å². The molecule has 0 saturated heterocycles. The molecule has 0 aliphatic heterocycles. The van der Waals surface area contributed by atoms with Gasteiger partial charge in [0.1, 0.15) is 0 Å². The lowest BCUT2D eigenvalue weighted by atomic mass is 10.3. The summed E-state index contributed by atoms with van der Waals surface area (Å²) in [4.78, 5) is 0. The van der Waals surface area contributed by atoms with Crippen molar-refractivity contribution in [2.24, 2.45) is 0 Å². The average molecular weight is 257 g/mol. The quantitative estimate of drug-likeness (QED) is 0.488. The fraction of sp³-hybridized carbons (Fsp3) is 1.00. The molecule has 0 heterocycles. The fourth-order valence-corrected chi connectivity index (χ4v) is 2.99. The molecule has 90 valence electrons. The normalized spacial score (nSPS) is 19.1. The van der Waals surface area contributed by atoms with E-state index >= 15 is 0 Å². The van der Waals surface area contributed by atoms with Gasteiger partial charge in [0.05, 0.1) is 18.0 Å². The average Bonchev–Trinajstić information content (AvgIpc) is 2.91. The van der Waals surface area contributed by atoms with Crippen LogP contribution in [-0.2, 0) is 18.5 Å². The Kier molecular flexibility index (Phi) is 4.83. The fourth-order valence-electron chi connectivity index (χ4n) is 1.38. The van der Waals surface area contributed by atoms with Crippen molar-refractivity contribution in [1.82, 2.24) is 0 Å². The summed E-state index contributed by atoms with van der Waals surface area (Å²) < 4.78 is 32.0. The van der Waals surface area contributed by atoms with Gasteiger partial charge in [-0.1, -0.05) is 0 Å². The van der Waals surface area contributed by atoms with Crippen LogP contribution in [0.25, 0.3) is 0 Å². The molecule has 1 rings (SSSR count). The van der Waals surface area contributed by atoms with Gasteiger partial charge in [-0.3, -0.25) is 0 Å². The van der Waals surface area contributed by atoms with Crippen molar-refractivity contribution in [3.63, 3.8) is 0 Å². The molecule has 0 atom stereocenters. The highest BCUT2D eigenvalue weighted by molar-refractivity contribution is 8.15. The van der Waals surface area contributed by atoms with Crippen molar-refractivity contribution < 1.29 is 17.9 Å². The van der Waals surface area contributed by atoms with Gasteiger partial charge in [-0.25, -0.2) is 8.42 Å². The molecule has 1 aliphatic carbocycles. The number of hydrogen-bond acceptors (Lipinski definition) is 4. The van der Waals surface area contributed by atoms with Crippen LogP contribution in [0.1, 0.15) is 26.2 Å². The Balaban J connectivity index is 2.11. The maximum absolute atomic E-state index is 11.2. The highest BCUT2D eigenvalue weighted by atomic mass is 35.7. The molecule has 0 aromatic carbocycles. The van der Waals surface area contributed by atoms with E-state index in [1.54, 1.807) is 0 Å². The van der Waals surface area contributed by atoms with Gasteiger partial charge in [0.15, 0.2) is 0 Å². The van der Waals surface area contributed by atoms with Crippen LogP contribution in [0.5, 0.6) is 0 Å². The Morgan fingerprint density at radius 1 is 1.20 bits per heavy atom. The molecule has 6 heteroatoms. The topological polar surface area (TPSA) is 52.6 Å². The standard InChI is InChI=1S/C9H17ClO4S/c1-2-13-7-8-14-6-5-9(3-4-9)15(10,11)12/h2-8H2,1H3. The second kappa shape index (κ2) is 5.48. The van der Waals surface area contributed by atoms with Gasteiger partial charge in [-0.2, -0.15) is 0 Å². The van der Waals surface area contributed by atoms with Crippen molar-refractivity contribution >= 4 is 19.7 Å². The van der Waals surface area contributed by atoms with Crippen molar-refractivity contribution in [1.29, 1.82) is 0 Å². The van der Waals surface area contributed by atoms with Crippen molar-refractivity contribution in [2.75, 3.05) is 26.4 Å². The highest BCUT2D eigenvalue weighted by Crippen LogP contribution is 2.48. The van der Waals surface area contributed by atoms with Crippen molar-refractivity contribution in [2.45, 2.75) is 30.9 Å². The van der Waals surface area contributed by atoms with Gasteiger partial charge in [-0.05, 0) is 26.2 Å². The zero-order valence-electron chi connectivity index (χ0n) is 8.87. The van der Waals surface area contributed by atoms with Crippen molar-refractivity contribution in [3.8, 4) is 0 Å². The summed E-state index contributed by atoms with van der Waals surface area (Å²) in [6, 6.07) is 0. The van der Waals surface area contributed by atoms with Crippen molar-refractivity contribution in [3.05, 3.63) is 0 Å². The van der Waals surface area contributed by atoms with Gasteiger partial charge in [0, 0.05) is 23.9 Å². The molecule has 0 amide bonds. The lowest BCUT2D eigenvalue weighted by Crippen LogP contribution is -2.20. The first-order valence-electron chi connectivity index (χ1n) is 5.11. The first-order chi connectivity index (χ1) is 7.02. The van der Waals surface area contributed by atoms with Crippen LogP contribution in [0.3, 0.4) is 0 Å². The Bertz CT molecular complexity index is 284. The van der Waals surface area contributed by atoms with Gasteiger partial charge in [0.2, 0.25) is 9.05 Å². The van der Waals surface area contributed by atoms with Gasteiger partial charge < -0.3 is 9.47 Å². The molecule has 1 aliphatic rings. The van der Waals surface area contributed by atoms with Crippen LogP contribution in [-0.4, -0.2) is 39.6 Å². The Labute approximate surface area is 95.3 Å². The molecular weight excluding hydrogens is 240 g/mol. The summed E-state index contributed by atoms with van der Waals surface area (Å²) >= 11 is 0. The zero-order valence-corrected chi connectivity index (χ0v) is 10.4. The van der Waals surface area contributed by atoms with E-state index in [1.807, 2.05) is 6.92 Å². The van der Waals surface area contributed by atoms with Gasteiger partial charge in [0.25, 0.3) is 0 Å². The Morgan fingerprint density at radius 2 is 1.80 bits per heavy atom. The molecule has 0 aromatic rings. The van der Waals surface area contributed by atoms with Gasteiger partial charge in [-0.15, -0.1) is 0 Å². The van der Waals surface area contributed by atoms with E-state index in [4.69, 9.17) is 20.2 Å². The highest BCUT2D eigenvalue weighted by Gasteiger charge is 2.53.